The van der Waals surface area contributed by atoms with Gasteiger partial charge in [-0.15, -0.1) is 0 Å². The van der Waals surface area contributed by atoms with Crippen LogP contribution in [-0.2, 0) is 9.59 Å². The van der Waals surface area contributed by atoms with E-state index < -0.39 is 17.7 Å². The highest BCUT2D eigenvalue weighted by Crippen LogP contribution is 2.40. The summed E-state index contributed by atoms with van der Waals surface area (Å²) in [5.74, 6) is -1.45. The number of carbonyl (C=O) groups excluding carboxylic acids is 2. The molecule has 0 bridgehead atoms. The van der Waals surface area contributed by atoms with E-state index in [4.69, 9.17) is 0 Å². The van der Waals surface area contributed by atoms with E-state index in [1.807, 2.05) is 68.4 Å². The number of likely N-dealkylation sites (N-methyl/N-ethyl adjacent to an activating group) is 1. The van der Waals surface area contributed by atoms with Crippen LogP contribution in [0.4, 0.5) is 0 Å². The van der Waals surface area contributed by atoms with Crippen LogP contribution in [0.25, 0.3) is 11.4 Å². The third-order valence-electron chi connectivity index (χ3n) is 6.75. The van der Waals surface area contributed by atoms with Crippen LogP contribution >= 0.6 is 0 Å². The fraction of sp³-hybridized carbons (Fsp3) is 0.321. The second-order valence-corrected chi connectivity index (χ2v) is 8.82. The number of amides is 1. The number of benzene rings is 2. The predicted molar refractivity (Wildman–Crippen MR) is 136 cm³/mol. The van der Waals surface area contributed by atoms with E-state index in [2.05, 4.69) is 23.8 Å². The number of aromatic nitrogens is 2. The van der Waals surface area contributed by atoms with Crippen LogP contribution in [0, 0.1) is 13.8 Å². The molecule has 35 heavy (non-hydrogen) atoms. The molecule has 0 aliphatic carbocycles. The van der Waals surface area contributed by atoms with Crippen LogP contribution < -0.4 is 0 Å². The Balaban J connectivity index is 1.81. The van der Waals surface area contributed by atoms with Gasteiger partial charge in [0.2, 0.25) is 0 Å². The molecular weight excluding hydrogens is 440 g/mol. The molecule has 1 saturated heterocycles. The van der Waals surface area contributed by atoms with E-state index in [9.17, 15) is 14.7 Å². The normalized spacial score (nSPS) is 17.5. The number of para-hydroxylation sites is 1. The summed E-state index contributed by atoms with van der Waals surface area (Å²) in [6.45, 7) is 10.7. The van der Waals surface area contributed by atoms with Gasteiger partial charge in [-0.25, -0.2) is 4.68 Å². The van der Waals surface area contributed by atoms with Crippen LogP contribution in [0.5, 0.6) is 0 Å². The summed E-state index contributed by atoms with van der Waals surface area (Å²) < 4.78 is 1.71. The summed E-state index contributed by atoms with van der Waals surface area (Å²) in [6.07, 6.45) is 1.55. The van der Waals surface area contributed by atoms with E-state index in [1.165, 1.54) is 0 Å². The van der Waals surface area contributed by atoms with Crippen LogP contribution in [0.15, 0.2) is 66.4 Å². The molecule has 1 fully saturated rings. The highest BCUT2D eigenvalue weighted by atomic mass is 16.3. The van der Waals surface area contributed by atoms with Crippen molar-refractivity contribution in [2.24, 2.45) is 0 Å². The summed E-state index contributed by atoms with van der Waals surface area (Å²) in [6, 6.07) is 16.7. The minimum atomic E-state index is -0.667. The number of carbonyl (C=O) groups is 2. The first-order chi connectivity index (χ1) is 16.9. The van der Waals surface area contributed by atoms with E-state index >= 15 is 0 Å². The first-order valence-corrected chi connectivity index (χ1v) is 12.0. The molecule has 2 aromatic carbocycles. The molecule has 1 aliphatic heterocycles. The average molecular weight is 473 g/mol. The number of rotatable bonds is 8. The number of aliphatic hydroxyl groups is 1. The number of likely N-dealkylation sites (tertiary alicyclic amines) is 1. The Kier molecular flexibility index (Phi) is 7.17. The first-order valence-electron chi connectivity index (χ1n) is 12.0. The molecule has 1 atom stereocenters. The van der Waals surface area contributed by atoms with Crippen LogP contribution in [-0.4, -0.2) is 62.6 Å². The van der Waals surface area contributed by atoms with Crippen molar-refractivity contribution in [2.75, 3.05) is 26.2 Å². The summed E-state index contributed by atoms with van der Waals surface area (Å²) in [5.41, 5.74) is 3.95. The van der Waals surface area contributed by atoms with Gasteiger partial charge < -0.3 is 14.9 Å². The van der Waals surface area contributed by atoms with Crippen molar-refractivity contribution in [3.05, 3.63) is 88.8 Å². The molecule has 1 amide bonds. The first kappa shape index (κ1) is 24.4. The molecule has 0 spiro atoms. The highest BCUT2D eigenvalue weighted by molar-refractivity contribution is 6.46. The van der Waals surface area contributed by atoms with Gasteiger partial charge in [0.05, 0.1) is 34.8 Å². The molecule has 7 heteroatoms. The number of aryl methyl sites for hydroxylation is 1. The van der Waals surface area contributed by atoms with Gasteiger partial charge in [0, 0.05) is 13.1 Å². The van der Waals surface area contributed by atoms with Gasteiger partial charge >= 0.3 is 0 Å². The third kappa shape index (κ3) is 4.64. The second-order valence-electron chi connectivity index (χ2n) is 8.82. The lowest BCUT2D eigenvalue weighted by atomic mass is 9.95. The molecule has 3 aromatic rings. The molecule has 1 N–H and O–H groups in total. The summed E-state index contributed by atoms with van der Waals surface area (Å²) in [5, 5.41) is 15.9. The van der Waals surface area contributed by atoms with Crippen molar-refractivity contribution in [1.82, 2.24) is 19.6 Å². The monoisotopic (exact) mass is 472 g/mol. The molecule has 0 radical (unpaired) electrons. The Morgan fingerprint density at radius 1 is 1.00 bits per heavy atom. The van der Waals surface area contributed by atoms with E-state index in [0.717, 1.165) is 29.9 Å². The Bertz CT molecular complexity index is 1240. The molecular formula is C28H32N4O3. The molecule has 182 valence electrons. The molecule has 1 aromatic heterocycles. The zero-order valence-electron chi connectivity index (χ0n) is 20.7. The third-order valence-corrected chi connectivity index (χ3v) is 6.75. The van der Waals surface area contributed by atoms with E-state index in [1.54, 1.807) is 15.8 Å². The van der Waals surface area contributed by atoms with Crippen molar-refractivity contribution in [1.29, 1.82) is 0 Å². The molecule has 4 rings (SSSR count). The highest BCUT2D eigenvalue weighted by Gasteiger charge is 2.46. The van der Waals surface area contributed by atoms with Crippen LogP contribution in [0.1, 0.15) is 42.3 Å². The lowest BCUT2D eigenvalue weighted by Crippen LogP contribution is -2.38. The Hall–Kier alpha value is -3.71. The molecule has 2 heterocycles. The van der Waals surface area contributed by atoms with Crippen molar-refractivity contribution in [2.45, 2.75) is 33.7 Å². The van der Waals surface area contributed by atoms with Crippen molar-refractivity contribution in [3.63, 3.8) is 0 Å². The van der Waals surface area contributed by atoms with Gasteiger partial charge in [-0.3, -0.25) is 9.59 Å². The van der Waals surface area contributed by atoms with Gasteiger partial charge in [-0.05, 0) is 44.6 Å². The van der Waals surface area contributed by atoms with E-state index in [-0.39, 0.29) is 11.3 Å². The maximum absolute atomic E-state index is 13.3. The Morgan fingerprint density at radius 2 is 1.66 bits per heavy atom. The maximum atomic E-state index is 13.3. The summed E-state index contributed by atoms with van der Waals surface area (Å²) in [4.78, 5) is 30.3. The fourth-order valence-corrected chi connectivity index (χ4v) is 4.61. The quantitative estimate of drug-likeness (QED) is 0.301. The largest absolute Gasteiger partial charge is 0.507 e. The number of ketones is 1. The predicted octanol–water partition coefficient (Wildman–Crippen LogP) is 4.25. The van der Waals surface area contributed by atoms with E-state index in [0.29, 0.717) is 24.3 Å². The average Bonchev–Trinajstić information content (AvgIpc) is 3.38. The zero-order valence-corrected chi connectivity index (χ0v) is 20.7. The van der Waals surface area contributed by atoms with Gasteiger partial charge in [-0.1, -0.05) is 61.9 Å². The molecule has 1 unspecified atom stereocenters. The second kappa shape index (κ2) is 10.3. The van der Waals surface area contributed by atoms with Crippen molar-refractivity contribution in [3.8, 4) is 5.69 Å². The lowest BCUT2D eigenvalue weighted by molar-refractivity contribution is -0.140. The molecule has 1 aliphatic rings. The minimum absolute atomic E-state index is 0.106. The molecule has 0 saturated carbocycles. The summed E-state index contributed by atoms with van der Waals surface area (Å²) >= 11 is 0. The smallest absolute Gasteiger partial charge is 0.295 e. The van der Waals surface area contributed by atoms with Gasteiger partial charge in [0.1, 0.15) is 5.76 Å². The van der Waals surface area contributed by atoms with Crippen molar-refractivity contribution < 1.29 is 14.7 Å². The number of nitrogens with zero attached hydrogens (tertiary/aromatic N) is 4. The van der Waals surface area contributed by atoms with Crippen molar-refractivity contribution >= 4 is 17.4 Å². The summed E-state index contributed by atoms with van der Waals surface area (Å²) in [7, 11) is 0. The van der Waals surface area contributed by atoms with Gasteiger partial charge in [0.25, 0.3) is 11.7 Å². The molecule has 7 nitrogen and oxygen atoms in total. The standard InChI is InChI=1S/C28H32N4O3/c1-5-30(6-2)16-17-31-25(21-14-12-19(3)13-15-21)24(27(34)28(31)35)26(33)23-18-29-32(20(23)4)22-10-8-7-9-11-22/h7-15,18,25,33H,5-6,16-17H2,1-4H3/b26-24+. The zero-order chi connectivity index (χ0) is 25.1. The van der Waals surface area contributed by atoms with Gasteiger partial charge in [-0.2, -0.15) is 5.10 Å². The number of hydrogen-bond acceptors (Lipinski definition) is 5. The SMILES string of the molecule is CCN(CC)CCN1C(=O)C(=O)/C(=C(/O)c2cnn(-c3ccccc3)c2C)C1c1ccc(C)cc1. The Labute approximate surface area is 206 Å². The number of Topliss-reactive ketones (excluding diaryl/α,β-unsaturated/α-hetero) is 1. The van der Waals surface area contributed by atoms with Gasteiger partial charge in [0.15, 0.2) is 0 Å². The number of aliphatic hydroxyl groups excluding tert-OH is 1. The maximum Gasteiger partial charge on any atom is 0.295 e. The Morgan fingerprint density at radius 3 is 2.29 bits per heavy atom. The van der Waals surface area contributed by atoms with Crippen LogP contribution in [0.3, 0.4) is 0 Å². The fourth-order valence-electron chi connectivity index (χ4n) is 4.61. The van der Waals surface area contributed by atoms with Crippen LogP contribution in [0.2, 0.25) is 0 Å². The lowest BCUT2D eigenvalue weighted by Gasteiger charge is -2.28. The number of hydrogen-bond donors (Lipinski definition) is 1. The topological polar surface area (TPSA) is 78.7 Å². The minimum Gasteiger partial charge on any atom is -0.507 e.